The van der Waals surface area contributed by atoms with Gasteiger partial charge in [0.05, 0.1) is 5.60 Å². The number of rotatable bonds is 7. The van der Waals surface area contributed by atoms with Crippen molar-refractivity contribution in [3.63, 3.8) is 0 Å². The van der Waals surface area contributed by atoms with Crippen LogP contribution in [0, 0.1) is 0 Å². The fraction of sp³-hybridized carbons (Fsp3) is 0.500. The molecule has 1 aromatic heterocycles. The maximum Gasteiger partial charge on any atom is 0.220 e. The Hall–Kier alpha value is -1.86. The number of amides is 1. The van der Waals surface area contributed by atoms with Gasteiger partial charge in [-0.3, -0.25) is 4.79 Å². The topological polar surface area (TPSA) is 80.0 Å². The van der Waals surface area contributed by atoms with Gasteiger partial charge in [0, 0.05) is 31.3 Å². The number of benzene rings is 1. The van der Waals surface area contributed by atoms with E-state index in [9.17, 15) is 9.90 Å². The van der Waals surface area contributed by atoms with E-state index in [4.69, 9.17) is 0 Å². The lowest BCUT2D eigenvalue weighted by molar-refractivity contribution is -0.121. The highest BCUT2D eigenvalue weighted by molar-refractivity contribution is 7.99. The fourth-order valence-corrected chi connectivity index (χ4v) is 3.92. The minimum Gasteiger partial charge on any atom is -0.388 e. The highest BCUT2D eigenvalue weighted by Gasteiger charge is 2.31. The zero-order valence-electron chi connectivity index (χ0n) is 14.4. The molecule has 25 heavy (non-hydrogen) atoms. The number of aromatic nitrogens is 3. The average molecular weight is 360 g/mol. The van der Waals surface area contributed by atoms with Crippen LogP contribution in [0.4, 0.5) is 0 Å². The maximum absolute atomic E-state index is 12.0. The minimum atomic E-state index is -0.697. The minimum absolute atomic E-state index is 0.0294. The van der Waals surface area contributed by atoms with Gasteiger partial charge < -0.3 is 15.0 Å². The first-order chi connectivity index (χ1) is 12.1. The molecule has 0 bridgehead atoms. The molecule has 6 nitrogen and oxygen atoms in total. The Morgan fingerprint density at radius 1 is 1.28 bits per heavy atom. The van der Waals surface area contributed by atoms with Crippen LogP contribution >= 0.6 is 11.8 Å². The molecule has 2 N–H and O–H groups in total. The predicted molar refractivity (Wildman–Crippen MR) is 98.2 cm³/mol. The monoisotopic (exact) mass is 360 g/mol. The van der Waals surface area contributed by atoms with Crippen LogP contribution in [0.3, 0.4) is 0 Å². The number of carbonyl (C=O) groups excluding carboxylic acids is 1. The molecule has 7 heteroatoms. The smallest absolute Gasteiger partial charge is 0.220 e. The summed E-state index contributed by atoms with van der Waals surface area (Å²) in [6.45, 7) is 0.360. The molecule has 1 heterocycles. The number of hydrogen-bond donors (Lipinski definition) is 2. The Kier molecular flexibility index (Phi) is 5.75. The SMILES string of the molecule is Cn1c(SCCC(=O)NCC2(O)CCCC2)nnc1-c1ccccc1. The van der Waals surface area contributed by atoms with Gasteiger partial charge in [0.2, 0.25) is 5.91 Å². The first kappa shape index (κ1) is 17.9. The van der Waals surface area contributed by atoms with E-state index in [-0.39, 0.29) is 5.91 Å². The number of thioether (sulfide) groups is 1. The van der Waals surface area contributed by atoms with Gasteiger partial charge >= 0.3 is 0 Å². The van der Waals surface area contributed by atoms with Crippen LogP contribution < -0.4 is 5.32 Å². The number of nitrogens with one attached hydrogen (secondary N) is 1. The van der Waals surface area contributed by atoms with E-state index in [1.807, 2.05) is 41.9 Å². The average Bonchev–Trinajstić information content (AvgIpc) is 3.21. The number of carbonyl (C=O) groups is 1. The fourth-order valence-electron chi connectivity index (χ4n) is 3.08. The molecule has 0 saturated heterocycles. The summed E-state index contributed by atoms with van der Waals surface area (Å²) in [7, 11) is 1.93. The van der Waals surface area contributed by atoms with Crippen LogP contribution in [0.25, 0.3) is 11.4 Å². The van der Waals surface area contributed by atoms with Crippen molar-refractivity contribution in [2.24, 2.45) is 7.05 Å². The van der Waals surface area contributed by atoms with Crippen molar-refractivity contribution in [3.05, 3.63) is 30.3 Å². The molecule has 1 aliphatic carbocycles. The van der Waals surface area contributed by atoms with Crippen molar-refractivity contribution in [2.45, 2.75) is 42.9 Å². The third-order valence-electron chi connectivity index (χ3n) is 4.58. The third kappa shape index (κ3) is 4.61. The van der Waals surface area contributed by atoms with Crippen LogP contribution in [0.1, 0.15) is 32.1 Å². The molecule has 1 amide bonds. The summed E-state index contributed by atoms with van der Waals surface area (Å²) in [5, 5.41) is 22.3. The van der Waals surface area contributed by atoms with E-state index in [0.717, 1.165) is 42.2 Å². The van der Waals surface area contributed by atoms with E-state index in [1.165, 1.54) is 11.8 Å². The standard InChI is InChI=1S/C18H24N4O2S/c1-22-16(14-7-3-2-4-8-14)20-21-17(22)25-12-9-15(23)19-13-18(24)10-5-6-11-18/h2-4,7-8,24H,5-6,9-13H2,1H3,(H,19,23). The van der Waals surface area contributed by atoms with Gasteiger partial charge in [-0.2, -0.15) is 0 Å². The summed E-state index contributed by atoms with van der Waals surface area (Å²) in [5.74, 6) is 1.42. The highest BCUT2D eigenvalue weighted by atomic mass is 32.2. The molecule has 0 aliphatic heterocycles. The van der Waals surface area contributed by atoms with Crippen LogP contribution in [0.2, 0.25) is 0 Å². The molecule has 2 aromatic rings. The van der Waals surface area contributed by atoms with E-state index in [2.05, 4.69) is 15.5 Å². The summed E-state index contributed by atoms with van der Waals surface area (Å²) in [4.78, 5) is 12.0. The Balaban J connectivity index is 1.46. The maximum atomic E-state index is 12.0. The Labute approximate surface area is 152 Å². The Morgan fingerprint density at radius 2 is 2.00 bits per heavy atom. The second kappa shape index (κ2) is 8.01. The molecular formula is C18H24N4O2S. The van der Waals surface area contributed by atoms with Gasteiger partial charge in [0.25, 0.3) is 0 Å². The lowest BCUT2D eigenvalue weighted by atomic mass is 10.0. The van der Waals surface area contributed by atoms with Gasteiger partial charge in [0.1, 0.15) is 0 Å². The van der Waals surface area contributed by atoms with E-state index < -0.39 is 5.60 Å². The molecule has 1 aliphatic rings. The molecule has 0 spiro atoms. The Bertz CT molecular complexity index is 711. The van der Waals surface area contributed by atoms with Crippen LogP contribution in [-0.4, -0.2) is 43.7 Å². The van der Waals surface area contributed by atoms with Crippen molar-refractivity contribution in [2.75, 3.05) is 12.3 Å². The molecule has 1 saturated carbocycles. The quantitative estimate of drug-likeness (QED) is 0.741. The van der Waals surface area contributed by atoms with Crippen LogP contribution in [0.15, 0.2) is 35.5 Å². The van der Waals surface area contributed by atoms with Crippen molar-refractivity contribution < 1.29 is 9.90 Å². The summed E-state index contributed by atoms with van der Waals surface area (Å²) < 4.78 is 1.94. The number of hydrogen-bond acceptors (Lipinski definition) is 5. The number of nitrogens with zero attached hydrogens (tertiary/aromatic N) is 3. The van der Waals surface area contributed by atoms with Gasteiger partial charge in [0.15, 0.2) is 11.0 Å². The summed E-state index contributed by atoms with van der Waals surface area (Å²) in [5.41, 5.74) is 0.323. The second-order valence-corrected chi connectivity index (χ2v) is 7.60. The predicted octanol–water partition coefficient (Wildman–Crippen LogP) is 2.39. The van der Waals surface area contributed by atoms with Gasteiger partial charge in [-0.05, 0) is 12.8 Å². The summed E-state index contributed by atoms with van der Waals surface area (Å²) in [6, 6.07) is 9.91. The van der Waals surface area contributed by atoms with Crippen molar-refractivity contribution in [3.8, 4) is 11.4 Å². The zero-order chi connectivity index (χ0) is 17.7. The van der Waals surface area contributed by atoms with Crippen molar-refractivity contribution in [1.29, 1.82) is 0 Å². The van der Waals surface area contributed by atoms with E-state index in [0.29, 0.717) is 18.7 Å². The molecule has 3 rings (SSSR count). The van der Waals surface area contributed by atoms with Crippen molar-refractivity contribution >= 4 is 17.7 Å². The Morgan fingerprint density at radius 3 is 2.72 bits per heavy atom. The molecule has 1 fully saturated rings. The third-order valence-corrected chi connectivity index (χ3v) is 5.60. The molecule has 0 unspecified atom stereocenters. The second-order valence-electron chi connectivity index (χ2n) is 6.54. The lowest BCUT2D eigenvalue weighted by Gasteiger charge is -2.22. The van der Waals surface area contributed by atoms with E-state index in [1.54, 1.807) is 0 Å². The number of aliphatic hydroxyl groups is 1. The highest BCUT2D eigenvalue weighted by Crippen LogP contribution is 2.28. The first-order valence-electron chi connectivity index (χ1n) is 8.64. The molecular weight excluding hydrogens is 336 g/mol. The molecule has 0 radical (unpaired) electrons. The largest absolute Gasteiger partial charge is 0.388 e. The van der Waals surface area contributed by atoms with Gasteiger partial charge in [-0.1, -0.05) is 54.9 Å². The summed E-state index contributed by atoms with van der Waals surface area (Å²) >= 11 is 1.51. The first-order valence-corrected chi connectivity index (χ1v) is 9.63. The summed E-state index contributed by atoms with van der Waals surface area (Å²) in [6.07, 6.45) is 4.04. The van der Waals surface area contributed by atoms with Gasteiger partial charge in [-0.15, -0.1) is 10.2 Å². The zero-order valence-corrected chi connectivity index (χ0v) is 15.3. The van der Waals surface area contributed by atoms with Crippen LogP contribution in [-0.2, 0) is 11.8 Å². The van der Waals surface area contributed by atoms with E-state index >= 15 is 0 Å². The lowest BCUT2D eigenvalue weighted by Crippen LogP contribution is -2.40. The normalized spacial score (nSPS) is 16.1. The molecule has 1 aromatic carbocycles. The van der Waals surface area contributed by atoms with Crippen LogP contribution in [0.5, 0.6) is 0 Å². The molecule has 134 valence electrons. The molecule has 0 atom stereocenters. The van der Waals surface area contributed by atoms with Crippen molar-refractivity contribution in [1.82, 2.24) is 20.1 Å². The van der Waals surface area contributed by atoms with Gasteiger partial charge in [-0.25, -0.2) is 0 Å².